The summed E-state index contributed by atoms with van der Waals surface area (Å²) in [7, 11) is 0. The largest absolute Gasteiger partial charge is 0.573 e. The van der Waals surface area contributed by atoms with Crippen LogP contribution in [0.15, 0.2) is 65.5 Å². The highest BCUT2D eigenvalue weighted by Gasteiger charge is 2.31. The molecule has 0 aliphatic rings. The Morgan fingerprint density at radius 3 is 2.21 bits per heavy atom. The van der Waals surface area contributed by atoms with Crippen molar-refractivity contribution >= 4 is 21.8 Å². The number of H-pyrrole nitrogens is 1. The van der Waals surface area contributed by atoms with E-state index in [0.717, 1.165) is 12.1 Å². The van der Waals surface area contributed by atoms with Gasteiger partial charge in [0.15, 0.2) is 5.43 Å². The number of benzene rings is 3. The van der Waals surface area contributed by atoms with Crippen LogP contribution in [0.1, 0.15) is 0 Å². The molecule has 1 N–H and O–H groups in total. The van der Waals surface area contributed by atoms with Gasteiger partial charge in [0.25, 0.3) is 0 Å². The number of hydrogen-bond donors (Lipinski definition) is 1. The van der Waals surface area contributed by atoms with Gasteiger partial charge in [-0.3, -0.25) is 4.79 Å². The number of pyridine rings is 1. The van der Waals surface area contributed by atoms with Crippen molar-refractivity contribution in [3.05, 3.63) is 76.7 Å². The van der Waals surface area contributed by atoms with E-state index < -0.39 is 17.6 Å². The average Bonchev–Trinajstić information content (AvgIpc) is 2.62. The first-order valence-electron chi connectivity index (χ1n) is 8.08. The van der Waals surface area contributed by atoms with Crippen molar-refractivity contribution in [3.8, 4) is 17.2 Å². The van der Waals surface area contributed by atoms with Crippen molar-refractivity contribution in [1.82, 2.24) is 4.98 Å². The molecule has 142 valence electrons. The van der Waals surface area contributed by atoms with Crippen molar-refractivity contribution in [2.75, 3.05) is 0 Å². The zero-order chi connectivity index (χ0) is 19.9. The Bertz CT molecular complexity index is 1230. The second kappa shape index (κ2) is 6.56. The van der Waals surface area contributed by atoms with Crippen LogP contribution >= 0.6 is 0 Å². The zero-order valence-corrected chi connectivity index (χ0v) is 14.0. The van der Waals surface area contributed by atoms with Gasteiger partial charge in [-0.15, -0.1) is 13.2 Å². The van der Waals surface area contributed by atoms with E-state index in [1.807, 2.05) is 0 Å². The fourth-order valence-corrected chi connectivity index (χ4v) is 2.87. The molecule has 0 aliphatic carbocycles. The summed E-state index contributed by atoms with van der Waals surface area (Å²) in [6, 6.07) is 13.8. The highest BCUT2D eigenvalue weighted by Crippen LogP contribution is 2.28. The fourth-order valence-electron chi connectivity index (χ4n) is 2.87. The lowest BCUT2D eigenvalue weighted by atomic mass is 10.1. The standard InChI is InChI=1S/C20H11F4NO3/c21-15-2-1-3-16-18(15)19(26)14-9-8-13(10-17(14)25-16)27-11-4-6-12(7-5-11)28-20(22,23)24/h1-10H,(H,25,26). The molecule has 0 spiro atoms. The van der Waals surface area contributed by atoms with E-state index in [1.54, 1.807) is 12.1 Å². The van der Waals surface area contributed by atoms with Crippen LogP contribution in [0.5, 0.6) is 17.2 Å². The van der Waals surface area contributed by atoms with Crippen molar-refractivity contribution in [3.63, 3.8) is 0 Å². The number of hydrogen-bond acceptors (Lipinski definition) is 3. The van der Waals surface area contributed by atoms with Crippen LogP contribution in [-0.4, -0.2) is 11.3 Å². The maximum atomic E-state index is 14.0. The highest BCUT2D eigenvalue weighted by atomic mass is 19.4. The Morgan fingerprint density at radius 2 is 1.50 bits per heavy atom. The molecule has 0 bridgehead atoms. The summed E-state index contributed by atoms with van der Waals surface area (Å²) in [5.41, 5.74) is 0.350. The van der Waals surface area contributed by atoms with Gasteiger partial charge in [-0.1, -0.05) is 6.07 Å². The number of aromatic nitrogens is 1. The third-order valence-electron chi connectivity index (χ3n) is 4.04. The number of fused-ring (bicyclic) bond motifs is 2. The number of aromatic amines is 1. The summed E-state index contributed by atoms with van der Waals surface area (Å²) in [6.07, 6.45) is -4.77. The Hall–Kier alpha value is -3.55. The van der Waals surface area contributed by atoms with Crippen molar-refractivity contribution in [2.45, 2.75) is 6.36 Å². The maximum Gasteiger partial charge on any atom is 0.573 e. The molecule has 8 heteroatoms. The molecule has 0 fully saturated rings. The van der Waals surface area contributed by atoms with Gasteiger partial charge in [-0.2, -0.15) is 0 Å². The molecule has 1 aromatic heterocycles. The number of halogens is 4. The Morgan fingerprint density at radius 1 is 0.821 bits per heavy atom. The Kier molecular flexibility index (Phi) is 4.18. The van der Waals surface area contributed by atoms with Gasteiger partial charge in [0.2, 0.25) is 0 Å². The summed E-state index contributed by atoms with van der Waals surface area (Å²) < 4.78 is 60.0. The SMILES string of the molecule is O=c1c2ccc(Oc3ccc(OC(F)(F)F)cc3)cc2[nH]c2cccc(F)c12. The van der Waals surface area contributed by atoms with Crippen molar-refractivity contribution in [1.29, 1.82) is 0 Å². The van der Waals surface area contributed by atoms with E-state index in [0.29, 0.717) is 22.2 Å². The summed E-state index contributed by atoms with van der Waals surface area (Å²) in [5, 5.41) is 0.266. The first-order valence-corrected chi connectivity index (χ1v) is 8.08. The molecule has 0 amide bonds. The van der Waals surface area contributed by atoms with E-state index >= 15 is 0 Å². The molecule has 0 radical (unpaired) electrons. The third-order valence-corrected chi connectivity index (χ3v) is 4.04. The van der Waals surface area contributed by atoms with Gasteiger partial charge in [0, 0.05) is 11.5 Å². The predicted molar refractivity (Wildman–Crippen MR) is 95.2 cm³/mol. The highest BCUT2D eigenvalue weighted by molar-refractivity contribution is 5.93. The Balaban J connectivity index is 1.67. The average molecular weight is 389 g/mol. The van der Waals surface area contributed by atoms with E-state index in [-0.39, 0.29) is 16.9 Å². The lowest BCUT2D eigenvalue weighted by Crippen LogP contribution is -2.16. The van der Waals surface area contributed by atoms with E-state index in [4.69, 9.17) is 4.74 Å². The van der Waals surface area contributed by atoms with Gasteiger partial charge >= 0.3 is 6.36 Å². The minimum Gasteiger partial charge on any atom is -0.457 e. The van der Waals surface area contributed by atoms with Gasteiger partial charge in [0.05, 0.1) is 16.4 Å². The smallest absolute Gasteiger partial charge is 0.457 e. The van der Waals surface area contributed by atoms with Gasteiger partial charge < -0.3 is 14.5 Å². The number of ether oxygens (including phenoxy) is 2. The Labute approximate surface area is 154 Å². The quantitative estimate of drug-likeness (QED) is 0.371. The molecule has 0 unspecified atom stereocenters. The minimum atomic E-state index is -4.77. The minimum absolute atomic E-state index is 0.0241. The van der Waals surface area contributed by atoms with Crippen LogP contribution < -0.4 is 14.9 Å². The first kappa shape index (κ1) is 17.8. The molecule has 0 saturated carbocycles. The predicted octanol–water partition coefficient (Wildman–Crippen LogP) is 5.51. The molecule has 4 aromatic rings. The lowest BCUT2D eigenvalue weighted by Gasteiger charge is -2.10. The van der Waals surface area contributed by atoms with Crippen molar-refractivity contribution < 1.29 is 27.0 Å². The summed E-state index contributed by atoms with van der Waals surface area (Å²) in [4.78, 5) is 15.5. The molecule has 0 saturated heterocycles. The molecule has 4 nitrogen and oxygen atoms in total. The summed E-state index contributed by atoms with van der Waals surface area (Å²) in [6.45, 7) is 0. The molecule has 3 aromatic carbocycles. The monoisotopic (exact) mass is 389 g/mol. The summed E-state index contributed by atoms with van der Waals surface area (Å²) in [5.74, 6) is -0.343. The van der Waals surface area contributed by atoms with Crippen LogP contribution in [-0.2, 0) is 0 Å². The van der Waals surface area contributed by atoms with Gasteiger partial charge in [-0.25, -0.2) is 4.39 Å². The summed E-state index contributed by atoms with van der Waals surface area (Å²) >= 11 is 0. The fraction of sp³-hybridized carbons (Fsp3) is 0.0500. The third kappa shape index (κ3) is 3.48. The number of nitrogens with one attached hydrogen (secondary N) is 1. The molecule has 28 heavy (non-hydrogen) atoms. The topological polar surface area (TPSA) is 51.3 Å². The number of rotatable bonds is 3. The maximum absolute atomic E-state index is 14.0. The molecular weight excluding hydrogens is 378 g/mol. The van der Waals surface area contributed by atoms with E-state index in [9.17, 15) is 22.4 Å². The van der Waals surface area contributed by atoms with Crippen LogP contribution in [0.3, 0.4) is 0 Å². The molecular formula is C20H11F4NO3. The number of alkyl halides is 3. The molecule has 0 aliphatic heterocycles. The van der Waals surface area contributed by atoms with E-state index in [1.165, 1.54) is 36.4 Å². The normalized spacial score (nSPS) is 11.7. The zero-order valence-electron chi connectivity index (χ0n) is 14.0. The van der Waals surface area contributed by atoms with Crippen LogP contribution in [0.25, 0.3) is 21.8 Å². The molecule has 0 atom stereocenters. The lowest BCUT2D eigenvalue weighted by molar-refractivity contribution is -0.274. The van der Waals surface area contributed by atoms with Crippen LogP contribution in [0, 0.1) is 5.82 Å². The second-order valence-corrected chi connectivity index (χ2v) is 5.95. The van der Waals surface area contributed by atoms with Crippen molar-refractivity contribution in [2.24, 2.45) is 0 Å². The molecule has 1 heterocycles. The van der Waals surface area contributed by atoms with E-state index in [2.05, 4.69) is 9.72 Å². The second-order valence-electron chi connectivity index (χ2n) is 5.95. The van der Waals surface area contributed by atoms with Crippen LogP contribution in [0.4, 0.5) is 17.6 Å². The van der Waals surface area contributed by atoms with Gasteiger partial charge in [-0.05, 0) is 48.5 Å². The first-order chi connectivity index (χ1) is 13.3. The van der Waals surface area contributed by atoms with Gasteiger partial charge in [0.1, 0.15) is 23.1 Å². The van der Waals surface area contributed by atoms with Crippen LogP contribution in [0.2, 0.25) is 0 Å². The molecule has 4 rings (SSSR count).